The van der Waals surface area contributed by atoms with Crippen LogP contribution in [0.15, 0.2) is 30.3 Å². The first-order valence-corrected chi connectivity index (χ1v) is 12.2. The summed E-state index contributed by atoms with van der Waals surface area (Å²) in [6.45, 7) is 2.78. The van der Waals surface area contributed by atoms with E-state index >= 15 is 0 Å². The number of carbonyl (C=O) groups is 1. The van der Waals surface area contributed by atoms with Crippen LogP contribution >= 0.6 is 0 Å². The summed E-state index contributed by atoms with van der Waals surface area (Å²) in [5.41, 5.74) is 0. The van der Waals surface area contributed by atoms with Crippen LogP contribution in [0.3, 0.4) is 0 Å². The van der Waals surface area contributed by atoms with E-state index in [-0.39, 0.29) is 12.6 Å². The van der Waals surface area contributed by atoms with Gasteiger partial charge in [-0.15, -0.1) is 0 Å². The van der Waals surface area contributed by atoms with Gasteiger partial charge >= 0.3 is 5.97 Å². The minimum atomic E-state index is -0.283. The minimum absolute atomic E-state index is 0.0110. The van der Waals surface area contributed by atoms with Crippen LogP contribution in [0.4, 0.5) is 0 Å². The Morgan fingerprint density at radius 1 is 0.655 bits per heavy atom. The summed E-state index contributed by atoms with van der Waals surface area (Å²) in [4.78, 5) is 11.6. The van der Waals surface area contributed by atoms with Gasteiger partial charge in [0.05, 0.1) is 6.61 Å². The number of rotatable bonds is 20. The average Bonchev–Trinajstić information content (AvgIpc) is 2.75. The van der Waals surface area contributed by atoms with E-state index in [2.05, 4.69) is 6.92 Å². The van der Waals surface area contributed by atoms with E-state index in [0.29, 0.717) is 12.4 Å². The Morgan fingerprint density at radius 2 is 1.10 bits per heavy atom. The molecular formula is C26H44O3. The lowest BCUT2D eigenvalue weighted by molar-refractivity contribution is -0.146. The molecule has 0 aliphatic heterocycles. The van der Waals surface area contributed by atoms with Crippen molar-refractivity contribution in [1.82, 2.24) is 0 Å². The van der Waals surface area contributed by atoms with E-state index < -0.39 is 0 Å². The van der Waals surface area contributed by atoms with Crippen LogP contribution in [0.5, 0.6) is 5.75 Å². The molecule has 3 nitrogen and oxygen atoms in total. The lowest BCUT2D eigenvalue weighted by Crippen LogP contribution is -2.15. The Bertz CT molecular complexity index is 472. The number of esters is 1. The van der Waals surface area contributed by atoms with Crippen LogP contribution in [0.1, 0.15) is 110 Å². The predicted molar refractivity (Wildman–Crippen MR) is 122 cm³/mol. The van der Waals surface area contributed by atoms with E-state index in [9.17, 15) is 4.79 Å². The molecule has 0 saturated heterocycles. The molecule has 1 aromatic rings. The molecule has 0 amide bonds. The van der Waals surface area contributed by atoms with Gasteiger partial charge in [-0.25, -0.2) is 4.79 Å². The van der Waals surface area contributed by atoms with Gasteiger partial charge in [-0.2, -0.15) is 0 Å². The standard InChI is InChI=1S/C26H44O3/c1-2-3-4-5-6-7-8-9-10-11-12-13-14-15-16-20-23-28-26(27)24-29-25-21-18-17-19-22-25/h17-19,21-22H,2-16,20,23-24H2,1H3. The fourth-order valence-corrected chi connectivity index (χ4v) is 3.54. The molecule has 1 aromatic carbocycles. The third-order valence-corrected chi connectivity index (χ3v) is 5.36. The van der Waals surface area contributed by atoms with Crippen molar-refractivity contribution in [3.05, 3.63) is 30.3 Å². The fraction of sp³-hybridized carbons (Fsp3) is 0.731. The number of ether oxygens (including phenoxy) is 2. The summed E-state index contributed by atoms with van der Waals surface area (Å²) in [6.07, 6.45) is 21.5. The SMILES string of the molecule is CCCCCCCCCCCCCCCCCCOC(=O)COc1ccccc1. The molecule has 0 radical (unpaired) electrons. The zero-order chi connectivity index (χ0) is 20.8. The topological polar surface area (TPSA) is 35.5 Å². The monoisotopic (exact) mass is 404 g/mol. The Kier molecular flexibility index (Phi) is 17.4. The molecule has 0 saturated carbocycles. The highest BCUT2D eigenvalue weighted by atomic mass is 16.6. The maximum Gasteiger partial charge on any atom is 0.344 e. The highest BCUT2D eigenvalue weighted by Gasteiger charge is 2.03. The number of carbonyl (C=O) groups excluding carboxylic acids is 1. The number of benzene rings is 1. The first kappa shape index (κ1) is 25.5. The smallest absolute Gasteiger partial charge is 0.344 e. The molecule has 0 spiro atoms. The van der Waals surface area contributed by atoms with Gasteiger partial charge in [0.1, 0.15) is 5.75 Å². The Labute approximate surface area is 179 Å². The van der Waals surface area contributed by atoms with E-state index in [1.165, 1.54) is 89.9 Å². The van der Waals surface area contributed by atoms with Crippen LogP contribution < -0.4 is 4.74 Å². The largest absolute Gasteiger partial charge is 0.482 e. The summed E-state index contributed by atoms with van der Waals surface area (Å²) < 4.78 is 10.6. The molecule has 0 N–H and O–H groups in total. The molecular weight excluding hydrogens is 360 g/mol. The first-order chi connectivity index (χ1) is 14.3. The summed E-state index contributed by atoms with van der Waals surface area (Å²) >= 11 is 0. The van der Waals surface area contributed by atoms with Crippen molar-refractivity contribution in [3.8, 4) is 5.75 Å². The van der Waals surface area contributed by atoms with Gasteiger partial charge in [-0.3, -0.25) is 0 Å². The average molecular weight is 405 g/mol. The Balaban J connectivity index is 1.74. The second kappa shape index (κ2) is 19.8. The Hall–Kier alpha value is -1.51. The second-order valence-corrected chi connectivity index (χ2v) is 8.13. The van der Waals surface area contributed by atoms with Crippen molar-refractivity contribution in [2.75, 3.05) is 13.2 Å². The fourth-order valence-electron chi connectivity index (χ4n) is 3.54. The molecule has 0 aliphatic rings. The van der Waals surface area contributed by atoms with Gasteiger partial charge < -0.3 is 9.47 Å². The third-order valence-electron chi connectivity index (χ3n) is 5.36. The maximum atomic E-state index is 11.6. The zero-order valence-electron chi connectivity index (χ0n) is 18.8. The molecule has 0 bridgehead atoms. The third kappa shape index (κ3) is 17.1. The highest BCUT2D eigenvalue weighted by Crippen LogP contribution is 2.14. The van der Waals surface area contributed by atoms with Gasteiger partial charge in [0.15, 0.2) is 6.61 Å². The van der Waals surface area contributed by atoms with Crippen LogP contribution in [0, 0.1) is 0 Å². The molecule has 0 atom stereocenters. The van der Waals surface area contributed by atoms with Crippen molar-refractivity contribution < 1.29 is 14.3 Å². The zero-order valence-corrected chi connectivity index (χ0v) is 18.8. The van der Waals surface area contributed by atoms with Crippen molar-refractivity contribution in [3.63, 3.8) is 0 Å². The van der Waals surface area contributed by atoms with Gasteiger partial charge in [-0.05, 0) is 18.6 Å². The quantitative estimate of drug-likeness (QED) is 0.164. The maximum absolute atomic E-state index is 11.6. The summed E-state index contributed by atoms with van der Waals surface area (Å²) in [5.74, 6) is 0.418. The molecule has 166 valence electrons. The number of hydrogen-bond acceptors (Lipinski definition) is 3. The van der Waals surface area contributed by atoms with E-state index in [4.69, 9.17) is 9.47 Å². The second-order valence-electron chi connectivity index (χ2n) is 8.13. The Morgan fingerprint density at radius 3 is 1.59 bits per heavy atom. The van der Waals surface area contributed by atoms with Crippen molar-refractivity contribution in [2.45, 2.75) is 110 Å². The normalized spacial score (nSPS) is 10.8. The minimum Gasteiger partial charge on any atom is -0.482 e. The summed E-state index contributed by atoms with van der Waals surface area (Å²) in [6, 6.07) is 9.36. The van der Waals surface area contributed by atoms with Gasteiger partial charge in [0.2, 0.25) is 0 Å². The van der Waals surface area contributed by atoms with E-state index in [0.717, 1.165) is 12.8 Å². The molecule has 0 aliphatic carbocycles. The van der Waals surface area contributed by atoms with Crippen LogP contribution in [0.2, 0.25) is 0 Å². The van der Waals surface area contributed by atoms with Crippen molar-refractivity contribution in [1.29, 1.82) is 0 Å². The lowest BCUT2D eigenvalue weighted by Gasteiger charge is -2.07. The molecule has 0 heterocycles. The number of hydrogen-bond donors (Lipinski definition) is 0. The molecule has 0 fully saturated rings. The molecule has 1 rings (SSSR count). The van der Waals surface area contributed by atoms with Gasteiger partial charge in [-0.1, -0.05) is 121 Å². The van der Waals surface area contributed by atoms with Crippen LogP contribution in [-0.2, 0) is 9.53 Å². The first-order valence-electron chi connectivity index (χ1n) is 12.2. The summed E-state index contributed by atoms with van der Waals surface area (Å²) in [7, 11) is 0. The van der Waals surface area contributed by atoms with E-state index in [1.807, 2.05) is 30.3 Å². The molecule has 29 heavy (non-hydrogen) atoms. The molecule has 0 aromatic heterocycles. The van der Waals surface area contributed by atoms with Crippen molar-refractivity contribution in [2.24, 2.45) is 0 Å². The van der Waals surface area contributed by atoms with Crippen LogP contribution in [0.25, 0.3) is 0 Å². The number of unbranched alkanes of at least 4 members (excludes halogenated alkanes) is 15. The van der Waals surface area contributed by atoms with Crippen molar-refractivity contribution >= 4 is 5.97 Å². The van der Waals surface area contributed by atoms with Crippen LogP contribution in [-0.4, -0.2) is 19.2 Å². The molecule has 3 heteroatoms. The van der Waals surface area contributed by atoms with Gasteiger partial charge in [0.25, 0.3) is 0 Å². The highest BCUT2D eigenvalue weighted by molar-refractivity contribution is 5.71. The van der Waals surface area contributed by atoms with E-state index in [1.54, 1.807) is 0 Å². The molecule has 0 unspecified atom stereocenters. The predicted octanol–water partition coefficient (Wildman–Crippen LogP) is 7.87. The number of para-hydroxylation sites is 1. The van der Waals surface area contributed by atoms with Gasteiger partial charge in [0, 0.05) is 0 Å². The lowest BCUT2D eigenvalue weighted by atomic mass is 10.0. The summed E-state index contributed by atoms with van der Waals surface area (Å²) in [5, 5.41) is 0.